The van der Waals surface area contributed by atoms with Crippen molar-refractivity contribution in [1.82, 2.24) is 5.32 Å². The van der Waals surface area contributed by atoms with E-state index in [0.29, 0.717) is 12.2 Å². The molecule has 1 heterocycles. The molecule has 1 fully saturated rings. The fourth-order valence-electron chi connectivity index (χ4n) is 2.09. The van der Waals surface area contributed by atoms with Crippen LogP contribution in [-0.2, 0) is 0 Å². The van der Waals surface area contributed by atoms with Crippen LogP contribution in [0.1, 0.15) is 13.8 Å². The zero-order chi connectivity index (χ0) is 12.6. The summed E-state index contributed by atoms with van der Waals surface area (Å²) in [7, 11) is 0. The highest BCUT2D eigenvalue weighted by Gasteiger charge is 2.24. The fourth-order valence-corrected chi connectivity index (χ4v) is 2.09. The van der Waals surface area contributed by atoms with Crippen molar-refractivity contribution >= 4 is 5.69 Å². The smallest absolute Gasteiger partial charge is 0.194 e. The number of halogens is 3. The molecule has 0 aromatic heterocycles. The van der Waals surface area contributed by atoms with Gasteiger partial charge in [-0.2, -0.15) is 0 Å². The maximum Gasteiger partial charge on any atom is 0.194 e. The lowest BCUT2D eigenvalue weighted by molar-refractivity contribution is 0.418. The van der Waals surface area contributed by atoms with Gasteiger partial charge in [-0.05, 0) is 13.8 Å². The van der Waals surface area contributed by atoms with Crippen LogP contribution < -0.4 is 10.2 Å². The molecule has 0 radical (unpaired) electrons. The van der Waals surface area contributed by atoms with Gasteiger partial charge >= 0.3 is 0 Å². The minimum atomic E-state index is -1.41. The average Bonchev–Trinajstić information content (AvgIpc) is 2.28. The van der Waals surface area contributed by atoms with E-state index >= 15 is 0 Å². The van der Waals surface area contributed by atoms with Gasteiger partial charge in [-0.15, -0.1) is 0 Å². The van der Waals surface area contributed by atoms with Crippen LogP contribution in [0.4, 0.5) is 18.9 Å². The summed E-state index contributed by atoms with van der Waals surface area (Å²) < 4.78 is 39.2. The van der Waals surface area contributed by atoms with Crippen molar-refractivity contribution in [3.63, 3.8) is 0 Å². The van der Waals surface area contributed by atoms with Gasteiger partial charge in [0.2, 0.25) is 0 Å². The highest BCUT2D eigenvalue weighted by molar-refractivity contribution is 5.49. The van der Waals surface area contributed by atoms with Crippen molar-refractivity contribution in [3.05, 3.63) is 29.6 Å². The van der Waals surface area contributed by atoms with Crippen LogP contribution in [0.25, 0.3) is 0 Å². The van der Waals surface area contributed by atoms with E-state index in [1.165, 1.54) is 0 Å². The Labute approximate surface area is 98.4 Å². The Morgan fingerprint density at radius 3 is 2.35 bits per heavy atom. The second-order valence-corrected chi connectivity index (χ2v) is 4.53. The normalized spacial score (nSPS) is 25.1. The molecule has 0 bridgehead atoms. The van der Waals surface area contributed by atoms with E-state index < -0.39 is 17.5 Å². The van der Waals surface area contributed by atoms with Gasteiger partial charge in [0.05, 0.1) is 0 Å². The Balaban J connectivity index is 2.32. The molecule has 2 rings (SSSR count). The van der Waals surface area contributed by atoms with Crippen LogP contribution in [0.15, 0.2) is 12.1 Å². The lowest BCUT2D eigenvalue weighted by Gasteiger charge is -2.39. The molecule has 0 spiro atoms. The van der Waals surface area contributed by atoms with Gasteiger partial charge < -0.3 is 10.2 Å². The molecule has 2 unspecified atom stereocenters. The van der Waals surface area contributed by atoms with E-state index in [0.717, 1.165) is 18.7 Å². The van der Waals surface area contributed by atoms with E-state index in [1.54, 1.807) is 0 Å². The number of rotatable bonds is 1. The van der Waals surface area contributed by atoms with Crippen molar-refractivity contribution in [2.45, 2.75) is 25.9 Å². The molecule has 2 atom stereocenters. The highest BCUT2D eigenvalue weighted by Crippen LogP contribution is 2.24. The summed E-state index contributed by atoms with van der Waals surface area (Å²) in [6.07, 6.45) is 0. The van der Waals surface area contributed by atoms with Crippen LogP contribution in [-0.4, -0.2) is 25.2 Å². The second-order valence-electron chi connectivity index (χ2n) is 4.53. The maximum absolute atomic E-state index is 13.2. The van der Waals surface area contributed by atoms with Crippen molar-refractivity contribution in [1.29, 1.82) is 0 Å². The molecule has 0 amide bonds. The highest BCUT2D eigenvalue weighted by atomic mass is 19.2. The van der Waals surface area contributed by atoms with Crippen molar-refractivity contribution < 1.29 is 13.2 Å². The Hall–Kier alpha value is -1.23. The predicted molar refractivity (Wildman–Crippen MR) is 60.6 cm³/mol. The number of anilines is 1. The number of hydrogen-bond donors (Lipinski definition) is 1. The number of nitrogens with one attached hydrogen (secondary N) is 1. The van der Waals surface area contributed by atoms with Crippen LogP contribution in [0.2, 0.25) is 0 Å². The molecule has 17 heavy (non-hydrogen) atoms. The van der Waals surface area contributed by atoms with Crippen molar-refractivity contribution in [2.75, 3.05) is 18.0 Å². The van der Waals surface area contributed by atoms with E-state index in [1.807, 2.05) is 18.7 Å². The summed E-state index contributed by atoms with van der Waals surface area (Å²) in [4.78, 5) is 1.88. The van der Waals surface area contributed by atoms with Crippen LogP contribution in [0.3, 0.4) is 0 Å². The van der Waals surface area contributed by atoms with E-state index in [4.69, 9.17) is 0 Å². The summed E-state index contributed by atoms with van der Waals surface area (Å²) in [5, 5.41) is 3.27. The second kappa shape index (κ2) is 4.56. The van der Waals surface area contributed by atoms with Gasteiger partial charge in [0, 0.05) is 43.0 Å². The third-order valence-electron chi connectivity index (χ3n) is 3.06. The lowest BCUT2D eigenvalue weighted by Crippen LogP contribution is -2.54. The first-order valence-corrected chi connectivity index (χ1v) is 5.63. The molecular formula is C12H15F3N2. The number of hydrogen-bond acceptors (Lipinski definition) is 2. The summed E-state index contributed by atoms with van der Waals surface area (Å²) in [5.74, 6) is -3.69. The first-order valence-electron chi connectivity index (χ1n) is 5.63. The first-order chi connectivity index (χ1) is 7.99. The third kappa shape index (κ3) is 2.39. The Bertz CT molecular complexity index is 399. The molecule has 1 aliphatic rings. The van der Waals surface area contributed by atoms with Gasteiger partial charge in [0.25, 0.3) is 0 Å². The Kier molecular flexibility index (Phi) is 3.28. The zero-order valence-electron chi connectivity index (χ0n) is 9.80. The van der Waals surface area contributed by atoms with Gasteiger partial charge in [-0.1, -0.05) is 0 Å². The predicted octanol–water partition coefficient (Wildman–Crippen LogP) is 2.29. The van der Waals surface area contributed by atoms with Crippen LogP contribution in [0.5, 0.6) is 0 Å². The van der Waals surface area contributed by atoms with Crippen LogP contribution >= 0.6 is 0 Å². The van der Waals surface area contributed by atoms with E-state index in [9.17, 15) is 13.2 Å². The summed E-state index contributed by atoms with van der Waals surface area (Å²) in [6, 6.07) is 2.46. The number of benzene rings is 1. The minimum Gasteiger partial charge on any atom is -0.366 e. The average molecular weight is 244 g/mol. The molecule has 0 saturated carbocycles. The van der Waals surface area contributed by atoms with Gasteiger partial charge in [0.1, 0.15) is 0 Å². The fraction of sp³-hybridized carbons (Fsp3) is 0.500. The molecule has 0 aliphatic carbocycles. The van der Waals surface area contributed by atoms with Gasteiger partial charge in [-0.3, -0.25) is 0 Å². The monoisotopic (exact) mass is 244 g/mol. The quantitative estimate of drug-likeness (QED) is 0.762. The first kappa shape index (κ1) is 12.2. The summed E-state index contributed by atoms with van der Waals surface area (Å²) in [6.45, 7) is 5.33. The van der Waals surface area contributed by atoms with Gasteiger partial charge in [0.15, 0.2) is 17.5 Å². The van der Waals surface area contributed by atoms with E-state index in [-0.39, 0.29) is 12.1 Å². The molecule has 1 aromatic rings. The van der Waals surface area contributed by atoms with Crippen molar-refractivity contribution in [2.24, 2.45) is 0 Å². The third-order valence-corrected chi connectivity index (χ3v) is 3.06. The van der Waals surface area contributed by atoms with Gasteiger partial charge in [-0.25, -0.2) is 13.2 Å². The molecule has 1 aromatic carbocycles. The van der Waals surface area contributed by atoms with Crippen LogP contribution in [0, 0.1) is 17.5 Å². The lowest BCUT2D eigenvalue weighted by atomic mass is 10.1. The van der Waals surface area contributed by atoms with Crippen molar-refractivity contribution in [3.8, 4) is 0 Å². The maximum atomic E-state index is 13.2. The Morgan fingerprint density at radius 2 is 1.76 bits per heavy atom. The zero-order valence-corrected chi connectivity index (χ0v) is 9.80. The molecule has 1 N–H and O–H groups in total. The molecule has 1 saturated heterocycles. The molecule has 1 aliphatic heterocycles. The molecule has 94 valence electrons. The molecule has 5 heteroatoms. The minimum absolute atomic E-state index is 0.121. The number of nitrogens with zero attached hydrogens (tertiary/aromatic N) is 1. The standard InChI is InChI=1S/C12H15F3N2/c1-7-6-17(8(2)5-16-7)9-3-10(13)12(15)11(14)4-9/h3-4,7-8,16H,5-6H2,1-2H3. The molecule has 2 nitrogen and oxygen atoms in total. The summed E-state index contributed by atoms with van der Waals surface area (Å²) in [5.41, 5.74) is 0.391. The van der Waals surface area contributed by atoms with E-state index in [2.05, 4.69) is 5.32 Å². The molecular weight excluding hydrogens is 229 g/mol. The summed E-state index contributed by atoms with van der Waals surface area (Å²) >= 11 is 0. The largest absolute Gasteiger partial charge is 0.366 e. The Morgan fingerprint density at radius 1 is 1.18 bits per heavy atom. The topological polar surface area (TPSA) is 15.3 Å². The SMILES string of the molecule is CC1CN(c2cc(F)c(F)c(F)c2)C(C)CN1. The number of piperazine rings is 1.